The fraction of sp³-hybridized carbons (Fsp3) is 0.857. The van der Waals surface area contributed by atoms with Gasteiger partial charge in [0.2, 0.25) is 0 Å². The molecule has 0 aliphatic heterocycles. The van der Waals surface area contributed by atoms with E-state index >= 15 is 0 Å². The number of nitrogens with zero attached hydrogens (tertiary/aromatic N) is 3. The highest BCUT2D eigenvalue weighted by Gasteiger charge is 2.61. The van der Waals surface area contributed by atoms with Crippen LogP contribution in [0, 0.1) is 52.3 Å². The zero-order chi connectivity index (χ0) is 24.1. The monoisotopic (exact) mass is 469 g/mol. The van der Waals surface area contributed by atoms with Crippen LogP contribution in [0.5, 0.6) is 0 Å². The zero-order valence-electron chi connectivity index (χ0n) is 21.5. The van der Waals surface area contributed by atoms with Gasteiger partial charge in [0.05, 0.1) is 36.1 Å². The van der Waals surface area contributed by atoms with Crippen LogP contribution in [-0.4, -0.2) is 46.9 Å². The van der Waals surface area contributed by atoms with Crippen LogP contribution in [-0.2, 0) is 16.0 Å². The van der Waals surface area contributed by atoms with Gasteiger partial charge in [0.15, 0.2) is 0 Å². The van der Waals surface area contributed by atoms with Crippen LogP contribution >= 0.6 is 0 Å². The molecule has 6 nitrogen and oxygen atoms in total. The second-order valence-electron chi connectivity index (χ2n) is 12.6. The molecular weight excluding hydrogens is 426 g/mol. The first kappa shape index (κ1) is 24.3. The summed E-state index contributed by atoms with van der Waals surface area (Å²) in [7, 11) is 3.56. The van der Waals surface area contributed by atoms with Gasteiger partial charge in [-0.1, -0.05) is 6.92 Å². The summed E-state index contributed by atoms with van der Waals surface area (Å²) < 4.78 is 13.5. The van der Waals surface area contributed by atoms with E-state index in [0.717, 1.165) is 42.9 Å². The molecule has 4 saturated carbocycles. The molecule has 1 N–H and O–H groups in total. The highest BCUT2D eigenvalue weighted by molar-refractivity contribution is 5.22. The fourth-order valence-corrected chi connectivity index (χ4v) is 9.51. The molecule has 4 fully saturated rings. The van der Waals surface area contributed by atoms with Gasteiger partial charge < -0.3 is 14.6 Å². The molecule has 0 amide bonds. The third kappa shape index (κ3) is 3.92. The molecular formula is C28H43N3O3. The van der Waals surface area contributed by atoms with Crippen molar-refractivity contribution >= 4 is 0 Å². The smallest absolute Gasteiger partial charge is 0.102 e. The summed E-state index contributed by atoms with van der Waals surface area (Å²) in [6.07, 6.45) is 14.2. The molecule has 34 heavy (non-hydrogen) atoms. The van der Waals surface area contributed by atoms with Crippen molar-refractivity contribution in [2.45, 2.75) is 89.4 Å². The van der Waals surface area contributed by atoms with E-state index < -0.39 is 5.60 Å². The maximum Gasteiger partial charge on any atom is 0.102 e. The molecule has 0 aromatic carbocycles. The van der Waals surface area contributed by atoms with Gasteiger partial charge in [-0.2, -0.15) is 10.4 Å². The van der Waals surface area contributed by atoms with Crippen molar-refractivity contribution in [3.63, 3.8) is 0 Å². The SMILES string of the molecule is COC[C@@]1(O)CC[C@H]2[C@H](CC[C@@H]3[C@@H]2CC[C@]2(C)C([C@](C)(Cn4cc(C#N)cn4)OC)CC[C@@H]32)C1. The Balaban J connectivity index is 1.33. The number of aliphatic hydroxyl groups is 1. The van der Waals surface area contributed by atoms with Crippen LogP contribution < -0.4 is 0 Å². The summed E-state index contributed by atoms with van der Waals surface area (Å²) in [5.74, 6) is 4.33. The van der Waals surface area contributed by atoms with E-state index in [2.05, 4.69) is 25.0 Å². The summed E-state index contributed by atoms with van der Waals surface area (Å²) in [5, 5.41) is 24.7. The quantitative estimate of drug-likeness (QED) is 0.647. The maximum atomic E-state index is 11.0. The number of hydrogen-bond donors (Lipinski definition) is 1. The van der Waals surface area contributed by atoms with Gasteiger partial charge in [0, 0.05) is 20.4 Å². The third-order valence-electron chi connectivity index (χ3n) is 11.0. The minimum absolute atomic E-state index is 0.287. The van der Waals surface area contributed by atoms with Crippen molar-refractivity contribution in [1.82, 2.24) is 9.78 Å². The average molecular weight is 470 g/mol. The molecule has 1 aromatic rings. The maximum absolute atomic E-state index is 11.0. The first-order valence-electron chi connectivity index (χ1n) is 13.4. The first-order valence-corrected chi connectivity index (χ1v) is 13.4. The Bertz CT molecular complexity index is 926. The number of rotatable bonds is 6. The minimum atomic E-state index is -0.609. The van der Waals surface area contributed by atoms with E-state index in [1.807, 2.05) is 18.0 Å². The van der Waals surface area contributed by atoms with Crippen molar-refractivity contribution in [3.05, 3.63) is 18.0 Å². The molecule has 0 radical (unpaired) electrons. The van der Waals surface area contributed by atoms with Crippen molar-refractivity contribution in [2.75, 3.05) is 20.8 Å². The van der Waals surface area contributed by atoms with Crippen LogP contribution in [0.2, 0.25) is 0 Å². The van der Waals surface area contributed by atoms with Gasteiger partial charge in [-0.15, -0.1) is 0 Å². The lowest BCUT2D eigenvalue weighted by Crippen LogP contribution is -2.54. The van der Waals surface area contributed by atoms with Gasteiger partial charge in [0.25, 0.3) is 0 Å². The Morgan fingerprint density at radius 1 is 1.15 bits per heavy atom. The summed E-state index contributed by atoms with van der Waals surface area (Å²) in [6.45, 7) is 5.99. The molecule has 6 heteroatoms. The van der Waals surface area contributed by atoms with Gasteiger partial charge in [-0.05, 0) is 106 Å². The Kier molecular flexibility index (Phi) is 6.36. The molecule has 1 heterocycles. The summed E-state index contributed by atoms with van der Waals surface area (Å²) in [4.78, 5) is 0. The molecule has 188 valence electrons. The van der Waals surface area contributed by atoms with E-state index in [1.54, 1.807) is 13.3 Å². The Morgan fingerprint density at radius 3 is 2.65 bits per heavy atom. The van der Waals surface area contributed by atoms with Crippen LogP contribution in [0.15, 0.2) is 12.4 Å². The van der Waals surface area contributed by atoms with Crippen molar-refractivity contribution in [1.29, 1.82) is 5.26 Å². The van der Waals surface area contributed by atoms with Crippen LogP contribution in [0.4, 0.5) is 0 Å². The largest absolute Gasteiger partial charge is 0.387 e. The second kappa shape index (κ2) is 8.91. The van der Waals surface area contributed by atoms with Gasteiger partial charge in [-0.3, -0.25) is 4.68 Å². The van der Waals surface area contributed by atoms with Gasteiger partial charge >= 0.3 is 0 Å². The highest BCUT2D eigenvalue weighted by Crippen LogP contribution is 2.66. The van der Waals surface area contributed by atoms with E-state index in [1.165, 1.54) is 38.5 Å². The highest BCUT2D eigenvalue weighted by atomic mass is 16.5. The third-order valence-corrected chi connectivity index (χ3v) is 11.0. The Morgan fingerprint density at radius 2 is 1.94 bits per heavy atom. The van der Waals surface area contributed by atoms with E-state index in [9.17, 15) is 10.4 Å². The normalized spacial score (nSPS) is 43.3. The summed E-state index contributed by atoms with van der Waals surface area (Å²) >= 11 is 0. The predicted octanol–water partition coefficient (Wildman–Crippen LogP) is 4.81. The van der Waals surface area contributed by atoms with E-state index in [4.69, 9.17) is 9.47 Å². The van der Waals surface area contributed by atoms with Crippen LogP contribution in [0.25, 0.3) is 0 Å². The molecule has 5 rings (SSSR count). The van der Waals surface area contributed by atoms with Crippen LogP contribution in [0.3, 0.4) is 0 Å². The zero-order valence-corrected chi connectivity index (χ0v) is 21.5. The number of fused-ring (bicyclic) bond motifs is 5. The number of nitriles is 1. The Labute approximate surface area is 205 Å². The summed E-state index contributed by atoms with van der Waals surface area (Å²) in [6, 6.07) is 2.19. The molecule has 1 unspecified atom stereocenters. The summed E-state index contributed by atoms with van der Waals surface area (Å²) in [5.41, 5.74) is -0.0118. The molecule has 0 spiro atoms. The van der Waals surface area contributed by atoms with Crippen molar-refractivity contribution < 1.29 is 14.6 Å². The topological polar surface area (TPSA) is 80.3 Å². The molecule has 0 saturated heterocycles. The van der Waals surface area contributed by atoms with E-state index in [0.29, 0.717) is 30.6 Å². The number of methoxy groups -OCH3 is 2. The molecule has 4 aliphatic rings. The number of ether oxygens (including phenoxy) is 2. The van der Waals surface area contributed by atoms with E-state index in [-0.39, 0.29) is 11.0 Å². The van der Waals surface area contributed by atoms with Crippen LogP contribution in [0.1, 0.15) is 77.2 Å². The Hall–Kier alpha value is -1.42. The second-order valence-corrected chi connectivity index (χ2v) is 12.6. The van der Waals surface area contributed by atoms with Crippen molar-refractivity contribution in [2.24, 2.45) is 40.9 Å². The lowest BCUT2D eigenvalue weighted by Gasteiger charge is -2.58. The lowest BCUT2D eigenvalue weighted by atomic mass is 9.48. The van der Waals surface area contributed by atoms with Gasteiger partial charge in [0.1, 0.15) is 6.07 Å². The average Bonchev–Trinajstić information content (AvgIpc) is 3.42. The number of aromatic nitrogens is 2. The fourth-order valence-electron chi connectivity index (χ4n) is 9.51. The minimum Gasteiger partial charge on any atom is -0.387 e. The standard InChI is InChI=1S/C28H43N3O3/c1-26-11-9-22-21-10-12-28(32,18-33-3)13-20(21)5-6-23(22)24(26)7-8-25(26)27(2,34-4)17-31-16-19(14-29)15-30-31/h15-16,20-25,32H,5-13,17-18H2,1-4H3/t20-,21+,22-,23-,24+,25?,26+,27+,28-/m1/s1. The van der Waals surface area contributed by atoms with Crippen molar-refractivity contribution in [3.8, 4) is 6.07 Å². The first-order chi connectivity index (χ1) is 16.2. The molecule has 9 atom stereocenters. The van der Waals surface area contributed by atoms with Gasteiger partial charge in [-0.25, -0.2) is 0 Å². The number of hydrogen-bond acceptors (Lipinski definition) is 5. The predicted molar refractivity (Wildman–Crippen MR) is 130 cm³/mol. The lowest BCUT2D eigenvalue weighted by molar-refractivity contribution is -0.144. The molecule has 0 bridgehead atoms. The molecule has 4 aliphatic carbocycles. The molecule has 1 aromatic heterocycles.